The smallest absolute Gasteiger partial charge is 0.254 e. The molecule has 0 unspecified atom stereocenters. The largest absolute Gasteiger partial charge is 0.494 e. The molecule has 112 valence electrons. The fraction of sp³-hybridized carbons (Fsp3) is 0.562. The van der Waals surface area contributed by atoms with E-state index in [0.717, 1.165) is 36.0 Å². The zero-order chi connectivity index (χ0) is 15.0. The van der Waals surface area contributed by atoms with Crippen LogP contribution in [0.15, 0.2) is 24.3 Å². The van der Waals surface area contributed by atoms with Crippen molar-refractivity contribution in [1.82, 2.24) is 4.90 Å². The predicted molar refractivity (Wildman–Crippen MR) is 86.8 cm³/mol. The molecule has 4 heteroatoms. The Labute approximate surface area is 130 Å². The Morgan fingerprint density at radius 3 is 2.25 bits per heavy atom. The van der Waals surface area contributed by atoms with E-state index < -0.39 is 0 Å². The molecule has 0 spiro atoms. The van der Waals surface area contributed by atoms with Gasteiger partial charge in [0.2, 0.25) is 0 Å². The first-order chi connectivity index (χ1) is 9.67. The van der Waals surface area contributed by atoms with E-state index in [9.17, 15) is 4.79 Å². The number of ether oxygens (including phenoxy) is 1. The minimum absolute atomic E-state index is 0.0983. The minimum Gasteiger partial charge on any atom is -0.494 e. The molecule has 0 N–H and O–H groups in total. The van der Waals surface area contributed by atoms with Crippen molar-refractivity contribution in [2.75, 3.05) is 18.5 Å². The molecule has 0 atom stereocenters. The van der Waals surface area contributed by atoms with Gasteiger partial charge in [-0.2, -0.15) is 0 Å². The lowest BCUT2D eigenvalue weighted by atomic mass is 10.1. The molecule has 0 saturated heterocycles. The molecule has 3 nitrogen and oxygen atoms in total. The number of hydrogen-bond acceptors (Lipinski definition) is 2. The van der Waals surface area contributed by atoms with E-state index in [1.54, 1.807) is 0 Å². The Hall–Kier alpha value is -1.03. The Morgan fingerprint density at radius 2 is 1.80 bits per heavy atom. The second-order valence-corrected chi connectivity index (χ2v) is 5.41. The molecule has 1 aromatic rings. The molecular formula is C16H24BrNO2. The SMILES string of the molecule is CCOc1ccc(C(=O)N(CCBr)C(CC)CC)cc1. The molecule has 0 radical (unpaired) electrons. The van der Waals surface area contributed by atoms with E-state index in [4.69, 9.17) is 4.74 Å². The number of carbonyl (C=O) groups excluding carboxylic acids is 1. The van der Waals surface area contributed by atoms with Crippen LogP contribution in [-0.2, 0) is 0 Å². The zero-order valence-electron chi connectivity index (χ0n) is 12.6. The van der Waals surface area contributed by atoms with Crippen LogP contribution in [-0.4, -0.2) is 35.3 Å². The van der Waals surface area contributed by atoms with Gasteiger partial charge in [-0.05, 0) is 44.0 Å². The molecular weight excluding hydrogens is 318 g/mol. The number of halogens is 1. The molecule has 20 heavy (non-hydrogen) atoms. The molecule has 1 rings (SSSR count). The zero-order valence-corrected chi connectivity index (χ0v) is 14.1. The van der Waals surface area contributed by atoms with Crippen LogP contribution in [0.2, 0.25) is 0 Å². The standard InChI is InChI=1S/C16H24BrNO2/c1-4-14(5-2)18(12-11-17)16(19)13-7-9-15(10-8-13)20-6-3/h7-10,14H,4-6,11-12H2,1-3H3. The van der Waals surface area contributed by atoms with Crippen LogP contribution in [0.3, 0.4) is 0 Å². The number of carbonyl (C=O) groups is 1. The first-order valence-corrected chi connectivity index (χ1v) is 8.39. The number of benzene rings is 1. The minimum atomic E-state index is 0.0983. The molecule has 1 amide bonds. The van der Waals surface area contributed by atoms with E-state index >= 15 is 0 Å². The van der Waals surface area contributed by atoms with Crippen molar-refractivity contribution in [3.63, 3.8) is 0 Å². The average molecular weight is 342 g/mol. The first kappa shape index (κ1) is 17.0. The van der Waals surface area contributed by atoms with Crippen molar-refractivity contribution in [3.8, 4) is 5.75 Å². The summed E-state index contributed by atoms with van der Waals surface area (Å²) in [5.74, 6) is 0.903. The molecule has 0 saturated carbocycles. The number of rotatable bonds is 8. The number of hydrogen-bond donors (Lipinski definition) is 0. The van der Waals surface area contributed by atoms with Gasteiger partial charge in [0, 0.05) is 23.5 Å². The van der Waals surface area contributed by atoms with E-state index in [1.165, 1.54) is 0 Å². The average Bonchev–Trinajstić information content (AvgIpc) is 2.48. The van der Waals surface area contributed by atoms with E-state index in [0.29, 0.717) is 12.6 Å². The molecule has 1 aromatic carbocycles. The molecule has 0 heterocycles. The summed E-state index contributed by atoms with van der Waals surface area (Å²) in [6, 6.07) is 7.70. The summed E-state index contributed by atoms with van der Waals surface area (Å²) in [6.07, 6.45) is 1.96. The maximum absolute atomic E-state index is 12.6. The van der Waals surface area contributed by atoms with Gasteiger partial charge >= 0.3 is 0 Å². The van der Waals surface area contributed by atoms with Crippen molar-refractivity contribution in [2.45, 2.75) is 39.7 Å². The maximum Gasteiger partial charge on any atom is 0.254 e. The van der Waals surface area contributed by atoms with E-state index in [-0.39, 0.29) is 5.91 Å². The summed E-state index contributed by atoms with van der Waals surface area (Å²) in [6.45, 7) is 7.57. The molecule has 0 aliphatic heterocycles. The van der Waals surface area contributed by atoms with Gasteiger partial charge in [-0.25, -0.2) is 0 Å². The maximum atomic E-state index is 12.6. The second-order valence-electron chi connectivity index (χ2n) is 4.62. The molecule has 0 aliphatic rings. The van der Waals surface area contributed by atoms with E-state index in [2.05, 4.69) is 29.8 Å². The van der Waals surface area contributed by atoms with Gasteiger partial charge in [0.15, 0.2) is 0 Å². The third-order valence-electron chi connectivity index (χ3n) is 3.38. The van der Waals surface area contributed by atoms with Gasteiger partial charge < -0.3 is 9.64 Å². The van der Waals surface area contributed by atoms with Crippen LogP contribution in [0.4, 0.5) is 0 Å². The third kappa shape index (κ3) is 4.51. The molecule has 0 bridgehead atoms. The molecule has 0 aliphatic carbocycles. The Kier molecular flexibility index (Phi) is 7.67. The van der Waals surface area contributed by atoms with Crippen LogP contribution < -0.4 is 4.74 Å². The molecule has 0 aromatic heterocycles. The van der Waals surface area contributed by atoms with Crippen LogP contribution in [0.1, 0.15) is 44.0 Å². The summed E-state index contributed by atoms with van der Waals surface area (Å²) in [7, 11) is 0. The highest BCUT2D eigenvalue weighted by Crippen LogP contribution is 2.17. The molecule has 0 fully saturated rings. The van der Waals surface area contributed by atoms with Crippen molar-refractivity contribution in [2.24, 2.45) is 0 Å². The van der Waals surface area contributed by atoms with Crippen LogP contribution in [0.25, 0.3) is 0 Å². The van der Waals surface area contributed by atoms with Gasteiger partial charge in [0.1, 0.15) is 5.75 Å². The van der Waals surface area contributed by atoms with Gasteiger partial charge in [0.05, 0.1) is 6.61 Å². The van der Waals surface area contributed by atoms with Gasteiger partial charge in [-0.15, -0.1) is 0 Å². The van der Waals surface area contributed by atoms with Gasteiger partial charge in [-0.3, -0.25) is 4.79 Å². The highest BCUT2D eigenvalue weighted by molar-refractivity contribution is 9.09. The predicted octanol–water partition coefficient (Wildman–Crippen LogP) is 4.11. The van der Waals surface area contributed by atoms with Crippen molar-refractivity contribution < 1.29 is 9.53 Å². The number of nitrogens with zero attached hydrogens (tertiary/aromatic N) is 1. The van der Waals surface area contributed by atoms with Crippen molar-refractivity contribution in [1.29, 1.82) is 0 Å². The van der Waals surface area contributed by atoms with Gasteiger partial charge in [0.25, 0.3) is 5.91 Å². The normalized spacial score (nSPS) is 10.7. The lowest BCUT2D eigenvalue weighted by molar-refractivity contribution is 0.0683. The lowest BCUT2D eigenvalue weighted by Gasteiger charge is -2.30. The van der Waals surface area contributed by atoms with Crippen molar-refractivity contribution >= 4 is 21.8 Å². The summed E-state index contributed by atoms with van der Waals surface area (Å²) < 4.78 is 5.41. The number of amides is 1. The monoisotopic (exact) mass is 341 g/mol. The summed E-state index contributed by atoms with van der Waals surface area (Å²) in [4.78, 5) is 14.6. The summed E-state index contributed by atoms with van der Waals surface area (Å²) in [5, 5.41) is 0.798. The fourth-order valence-electron chi connectivity index (χ4n) is 2.30. The summed E-state index contributed by atoms with van der Waals surface area (Å²) >= 11 is 3.44. The third-order valence-corrected chi connectivity index (χ3v) is 3.74. The van der Waals surface area contributed by atoms with Crippen LogP contribution >= 0.6 is 15.9 Å². The van der Waals surface area contributed by atoms with Gasteiger partial charge in [-0.1, -0.05) is 29.8 Å². The Morgan fingerprint density at radius 1 is 1.20 bits per heavy atom. The lowest BCUT2D eigenvalue weighted by Crippen LogP contribution is -2.41. The second kappa shape index (κ2) is 9.01. The van der Waals surface area contributed by atoms with Crippen LogP contribution in [0.5, 0.6) is 5.75 Å². The Balaban J connectivity index is 2.87. The van der Waals surface area contributed by atoms with Crippen LogP contribution in [0, 0.1) is 0 Å². The van der Waals surface area contributed by atoms with Crippen molar-refractivity contribution in [3.05, 3.63) is 29.8 Å². The summed E-state index contributed by atoms with van der Waals surface area (Å²) in [5.41, 5.74) is 0.723. The first-order valence-electron chi connectivity index (χ1n) is 7.27. The Bertz CT molecular complexity index is 401. The van der Waals surface area contributed by atoms with E-state index in [1.807, 2.05) is 36.1 Å². The number of alkyl halides is 1. The highest BCUT2D eigenvalue weighted by atomic mass is 79.9. The fourth-order valence-corrected chi connectivity index (χ4v) is 2.68. The quantitative estimate of drug-likeness (QED) is 0.666. The highest BCUT2D eigenvalue weighted by Gasteiger charge is 2.21. The topological polar surface area (TPSA) is 29.5 Å².